The lowest BCUT2D eigenvalue weighted by atomic mass is 9.72. The molecule has 3 heterocycles. The molecular formula is C45H57N5O4S. The van der Waals surface area contributed by atoms with E-state index in [4.69, 9.17) is 9.97 Å². The van der Waals surface area contributed by atoms with Gasteiger partial charge in [-0.05, 0) is 72.1 Å². The number of rotatable bonds is 14. The highest BCUT2D eigenvalue weighted by Gasteiger charge is 2.31. The number of hydrogen-bond donors (Lipinski definition) is 3. The molecule has 3 N–H and O–H groups in total. The van der Waals surface area contributed by atoms with Crippen molar-refractivity contribution in [2.75, 3.05) is 18.0 Å². The van der Waals surface area contributed by atoms with Crippen molar-refractivity contribution in [3.05, 3.63) is 100 Å². The third-order valence-electron chi connectivity index (χ3n) is 11.5. The Bertz CT molecular complexity index is 1860. The topological polar surface area (TPSA) is 125 Å². The van der Waals surface area contributed by atoms with E-state index in [9.17, 15) is 19.5 Å². The Labute approximate surface area is 330 Å². The monoisotopic (exact) mass is 763 g/mol. The molecule has 2 aromatic heterocycles. The molecular weight excluding hydrogens is 707 g/mol. The Morgan fingerprint density at radius 2 is 1.42 bits per heavy atom. The molecule has 55 heavy (non-hydrogen) atoms. The zero-order valence-electron chi connectivity index (χ0n) is 32.8. The maximum atomic E-state index is 13.8. The molecule has 292 valence electrons. The predicted molar refractivity (Wildman–Crippen MR) is 220 cm³/mol. The van der Waals surface area contributed by atoms with E-state index < -0.39 is 24.0 Å². The van der Waals surface area contributed by atoms with E-state index in [2.05, 4.69) is 43.2 Å². The standard InChI is InChI=1S/C45H57N5O4S/c1-5-9-30-12-16-33(17-13-30)34-22-24-50(25-23-34)36-28-46-41(47-29-36)35-18-14-32(15-19-35)26-37(48-43(52)39-20-21-40(55-39)45(2,3)4)42(51)49-38(44(53)54)27-31-10-7-6-8-11-31/h6-8,10-11,14-15,18-21,28-30,33-34,37-38H,5,9,12-13,16-17,22-27H2,1-4H3,(H,48,52)(H,49,51)(H,53,54)/t30?,33?,37-,38+/m0/s1. The Hall–Kier alpha value is -4.57. The minimum atomic E-state index is -1.16. The summed E-state index contributed by atoms with van der Waals surface area (Å²) in [7, 11) is 0. The van der Waals surface area contributed by atoms with E-state index in [1.54, 1.807) is 6.07 Å². The molecule has 2 aliphatic rings. The Morgan fingerprint density at radius 1 is 0.800 bits per heavy atom. The van der Waals surface area contributed by atoms with Crippen molar-refractivity contribution in [3.63, 3.8) is 0 Å². The number of aliphatic carboxylic acids is 1. The van der Waals surface area contributed by atoms with Gasteiger partial charge >= 0.3 is 5.97 Å². The fourth-order valence-corrected chi connectivity index (χ4v) is 9.24. The summed E-state index contributed by atoms with van der Waals surface area (Å²) in [6.45, 7) is 10.7. The number of thiophene rings is 1. The second-order valence-electron chi connectivity index (χ2n) is 16.6. The van der Waals surface area contributed by atoms with Crippen LogP contribution in [0.3, 0.4) is 0 Å². The van der Waals surface area contributed by atoms with Gasteiger partial charge in [-0.1, -0.05) is 108 Å². The summed E-state index contributed by atoms with van der Waals surface area (Å²) in [4.78, 5) is 52.9. The largest absolute Gasteiger partial charge is 0.480 e. The zero-order valence-corrected chi connectivity index (χ0v) is 33.6. The van der Waals surface area contributed by atoms with E-state index in [1.807, 2.05) is 73.1 Å². The number of nitrogens with one attached hydrogen (secondary N) is 2. The number of carbonyl (C=O) groups is 3. The zero-order chi connectivity index (χ0) is 39.0. The third kappa shape index (κ3) is 10.8. The normalized spacial score (nSPS) is 19.0. The van der Waals surface area contributed by atoms with Crippen molar-refractivity contribution in [2.45, 2.75) is 109 Å². The molecule has 2 aromatic carbocycles. The van der Waals surface area contributed by atoms with Gasteiger partial charge in [0.1, 0.15) is 12.1 Å². The van der Waals surface area contributed by atoms with Crippen LogP contribution in [-0.4, -0.2) is 58.0 Å². The maximum absolute atomic E-state index is 13.8. The molecule has 2 atom stereocenters. The minimum absolute atomic E-state index is 0.119. The summed E-state index contributed by atoms with van der Waals surface area (Å²) in [6.07, 6.45) is 15.0. The molecule has 1 aliphatic carbocycles. The van der Waals surface area contributed by atoms with Crippen LogP contribution in [0.25, 0.3) is 11.4 Å². The van der Waals surface area contributed by atoms with Gasteiger partial charge in [0.25, 0.3) is 5.91 Å². The number of aromatic nitrogens is 2. The van der Waals surface area contributed by atoms with Crippen LogP contribution >= 0.6 is 11.3 Å². The van der Waals surface area contributed by atoms with Crippen molar-refractivity contribution >= 4 is 34.8 Å². The van der Waals surface area contributed by atoms with Gasteiger partial charge < -0.3 is 20.6 Å². The number of nitrogens with zero attached hydrogens (tertiary/aromatic N) is 3. The maximum Gasteiger partial charge on any atom is 0.326 e. The highest BCUT2D eigenvalue weighted by Crippen LogP contribution is 2.39. The second-order valence-corrected chi connectivity index (χ2v) is 17.7. The van der Waals surface area contributed by atoms with Gasteiger partial charge in [0, 0.05) is 36.4 Å². The van der Waals surface area contributed by atoms with Crippen LogP contribution in [0.1, 0.15) is 105 Å². The van der Waals surface area contributed by atoms with E-state index in [0.717, 1.165) is 58.1 Å². The quantitative estimate of drug-likeness (QED) is 0.118. The summed E-state index contributed by atoms with van der Waals surface area (Å²) in [5.41, 5.74) is 3.37. The van der Waals surface area contributed by atoms with Crippen molar-refractivity contribution in [2.24, 2.45) is 17.8 Å². The van der Waals surface area contributed by atoms with Gasteiger partial charge in [-0.15, -0.1) is 11.3 Å². The average Bonchev–Trinajstić information content (AvgIpc) is 3.71. The van der Waals surface area contributed by atoms with Crippen LogP contribution in [0.5, 0.6) is 0 Å². The van der Waals surface area contributed by atoms with Crippen LogP contribution in [-0.2, 0) is 27.8 Å². The molecule has 0 unspecified atom stereocenters. The van der Waals surface area contributed by atoms with Crippen molar-refractivity contribution in [1.82, 2.24) is 20.6 Å². The van der Waals surface area contributed by atoms with Gasteiger partial charge in [-0.3, -0.25) is 9.59 Å². The average molecular weight is 764 g/mol. The summed E-state index contributed by atoms with van der Waals surface area (Å²) >= 11 is 1.39. The molecule has 0 radical (unpaired) electrons. The molecule has 1 saturated carbocycles. The predicted octanol–water partition coefficient (Wildman–Crippen LogP) is 8.48. The third-order valence-corrected chi connectivity index (χ3v) is 13.0. The van der Waals surface area contributed by atoms with E-state index in [0.29, 0.717) is 10.7 Å². The number of anilines is 1. The molecule has 1 saturated heterocycles. The molecule has 10 heteroatoms. The number of amides is 2. The highest BCUT2D eigenvalue weighted by atomic mass is 32.1. The molecule has 2 fully saturated rings. The van der Waals surface area contributed by atoms with Gasteiger partial charge in [0.15, 0.2) is 5.82 Å². The second kappa shape index (κ2) is 18.4. The number of hydrogen-bond acceptors (Lipinski definition) is 7. The molecule has 6 rings (SSSR count). The first-order valence-electron chi connectivity index (χ1n) is 20.1. The Morgan fingerprint density at radius 3 is 2.02 bits per heavy atom. The van der Waals surface area contributed by atoms with Crippen LogP contribution in [0.15, 0.2) is 79.1 Å². The SMILES string of the molecule is CCCC1CCC(C2CCN(c3cnc(-c4ccc(C[C@H](NC(=O)c5ccc(C(C)(C)C)s5)C(=O)N[C@H](Cc5ccccc5)C(=O)O)cc4)nc3)CC2)CC1. The molecule has 4 aromatic rings. The first-order chi connectivity index (χ1) is 26.5. The summed E-state index contributed by atoms with van der Waals surface area (Å²) < 4.78 is 0. The van der Waals surface area contributed by atoms with Gasteiger partial charge in [0.05, 0.1) is 23.0 Å². The number of carboxylic acids is 1. The Balaban J connectivity index is 1.09. The van der Waals surface area contributed by atoms with Crippen LogP contribution in [0.4, 0.5) is 5.69 Å². The number of benzene rings is 2. The van der Waals surface area contributed by atoms with Crippen LogP contribution < -0.4 is 15.5 Å². The van der Waals surface area contributed by atoms with Crippen molar-refractivity contribution in [1.29, 1.82) is 0 Å². The summed E-state index contributed by atoms with van der Waals surface area (Å²) in [5, 5.41) is 15.6. The van der Waals surface area contributed by atoms with Crippen LogP contribution in [0, 0.1) is 17.8 Å². The lowest BCUT2D eigenvalue weighted by molar-refractivity contribution is -0.142. The van der Waals surface area contributed by atoms with Gasteiger partial charge in [0.2, 0.25) is 5.91 Å². The van der Waals surface area contributed by atoms with Crippen LogP contribution in [0.2, 0.25) is 0 Å². The summed E-state index contributed by atoms with van der Waals surface area (Å²) in [6, 6.07) is 18.4. The van der Waals surface area contributed by atoms with E-state index in [1.165, 1.54) is 62.7 Å². The molecule has 2 amide bonds. The number of carboxylic acid groups (broad SMARTS) is 1. The molecule has 0 bridgehead atoms. The molecule has 0 spiro atoms. The van der Waals surface area contributed by atoms with Crippen molar-refractivity contribution in [3.8, 4) is 11.4 Å². The van der Waals surface area contributed by atoms with E-state index >= 15 is 0 Å². The van der Waals surface area contributed by atoms with Gasteiger partial charge in [-0.25, -0.2) is 14.8 Å². The smallest absolute Gasteiger partial charge is 0.326 e. The summed E-state index contributed by atoms with van der Waals surface area (Å²) in [5.74, 6) is 1.22. The first kappa shape index (κ1) is 40.1. The fourth-order valence-electron chi connectivity index (χ4n) is 8.27. The highest BCUT2D eigenvalue weighted by molar-refractivity contribution is 7.14. The van der Waals surface area contributed by atoms with E-state index in [-0.39, 0.29) is 24.2 Å². The van der Waals surface area contributed by atoms with Gasteiger partial charge in [-0.2, -0.15) is 0 Å². The number of carbonyl (C=O) groups excluding carboxylic acids is 2. The number of piperidine rings is 1. The Kier molecular flexibility index (Phi) is 13.4. The minimum Gasteiger partial charge on any atom is -0.480 e. The molecule has 1 aliphatic heterocycles. The molecule has 9 nitrogen and oxygen atoms in total. The fraction of sp³-hybridized carbons (Fsp3) is 0.489. The van der Waals surface area contributed by atoms with Crippen molar-refractivity contribution < 1.29 is 19.5 Å². The lowest BCUT2D eigenvalue weighted by Gasteiger charge is -2.39. The first-order valence-corrected chi connectivity index (χ1v) is 20.9. The lowest BCUT2D eigenvalue weighted by Crippen LogP contribution is -2.53.